The molecule has 38 heavy (non-hydrogen) atoms. The summed E-state index contributed by atoms with van der Waals surface area (Å²) in [5, 5.41) is 10.8. The predicted octanol–water partition coefficient (Wildman–Crippen LogP) is -0.001000. The van der Waals surface area contributed by atoms with E-state index in [0.717, 1.165) is 16.8 Å². The number of aliphatic imine (C=N–C) groups is 7. The number of anilines is 1. The van der Waals surface area contributed by atoms with E-state index in [1.54, 1.807) is 12.1 Å². The average Bonchev–Trinajstić information content (AvgIpc) is 3.51. The first kappa shape index (κ1) is 22.5. The molecule has 4 aliphatic rings. The van der Waals surface area contributed by atoms with Crippen molar-refractivity contribution in [2.45, 2.75) is 6.04 Å². The number of azo groups is 1. The Hall–Kier alpha value is -5.93. The van der Waals surface area contributed by atoms with Gasteiger partial charge >= 0.3 is 5.91 Å². The maximum atomic E-state index is 11.9. The summed E-state index contributed by atoms with van der Waals surface area (Å²) < 4.78 is 0. The lowest BCUT2D eigenvalue weighted by molar-refractivity contribution is -0.117. The molecule has 0 aromatic heterocycles. The van der Waals surface area contributed by atoms with Crippen LogP contribution in [0.1, 0.15) is 0 Å². The van der Waals surface area contributed by atoms with E-state index in [-0.39, 0.29) is 35.4 Å². The molecule has 0 radical (unpaired) electrons. The van der Waals surface area contributed by atoms with Crippen molar-refractivity contribution >= 4 is 64.4 Å². The number of carbonyl (C=O) groups excluding carboxylic acids is 2. The topological polar surface area (TPSA) is 234 Å². The third kappa shape index (κ3) is 4.39. The van der Waals surface area contributed by atoms with Gasteiger partial charge < -0.3 is 16.8 Å². The molecule has 0 fully saturated rings. The predicted molar refractivity (Wildman–Crippen MR) is 141 cm³/mol. The molecule has 0 saturated carbocycles. The lowest BCUT2D eigenvalue weighted by Crippen LogP contribution is -2.48. The molecule has 4 heterocycles. The van der Waals surface area contributed by atoms with E-state index < -0.39 is 17.9 Å². The molecule has 0 aliphatic carbocycles. The zero-order chi connectivity index (χ0) is 26.2. The Labute approximate surface area is 212 Å². The molecule has 186 valence electrons. The van der Waals surface area contributed by atoms with Gasteiger partial charge in [0.25, 0.3) is 11.9 Å². The van der Waals surface area contributed by atoms with Gasteiger partial charge in [-0.3, -0.25) is 20.4 Å². The maximum Gasteiger partial charge on any atom is 0.302 e. The molecule has 6 rings (SSSR count). The highest BCUT2D eigenvalue weighted by atomic mass is 16.2. The monoisotopic (exact) mass is 508 g/mol. The molecule has 0 saturated heterocycles. The van der Waals surface area contributed by atoms with E-state index >= 15 is 0 Å². The summed E-state index contributed by atoms with van der Waals surface area (Å²) in [6, 6.07) is 14.1. The Morgan fingerprint density at radius 2 is 1.53 bits per heavy atom. The molecule has 0 spiro atoms. The average molecular weight is 508 g/mol. The summed E-state index contributed by atoms with van der Waals surface area (Å²) in [4.78, 5) is 51.1. The van der Waals surface area contributed by atoms with Crippen molar-refractivity contribution in [3.8, 4) is 11.1 Å². The lowest BCUT2D eigenvalue weighted by atomic mass is 10.1. The van der Waals surface area contributed by atoms with Crippen LogP contribution in [0.2, 0.25) is 0 Å². The van der Waals surface area contributed by atoms with Gasteiger partial charge in [-0.05, 0) is 35.4 Å². The van der Waals surface area contributed by atoms with Gasteiger partial charge in [-0.15, -0.1) is 10.2 Å². The molecule has 16 nitrogen and oxygen atoms in total. The second-order valence-electron chi connectivity index (χ2n) is 7.97. The minimum Gasteiger partial charge on any atom is -0.369 e. The molecule has 4 aliphatic heterocycles. The van der Waals surface area contributed by atoms with E-state index in [4.69, 9.17) is 11.5 Å². The van der Waals surface area contributed by atoms with Crippen molar-refractivity contribution in [2.75, 3.05) is 5.43 Å². The van der Waals surface area contributed by atoms with E-state index in [1.807, 2.05) is 36.4 Å². The van der Waals surface area contributed by atoms with Crippen LogP contribution >= 0.6 is 0 Å². The number of fused-ring (bicyclic) bond motifs is 2. The Bertz CT molecular complexity index is 1620. The third-order valence-electron chi connectivity index (χ3n) is 5.39. The van der Waals surface area contributed by atoms with Crippen LogP contribution in [-0.2, 0) is 9.59 Å². The quantitative estimate of drug-likeness (QED) is 0.280. The summed E-state index contributed by atoms with van der Waals surface area (Å²) >= 11 is 0. The minimum atomic E-state index is -0.812. The number of amidine groups is 2. The lowest BCUT2D eigenvalue weighted by Gasteiger charge is -2.13. The van der Waals surface area contributed by atoms with Crippen LogP contribution in [0.5, 0.6) is 0 Å². The van der Waals surface area contributed by atoms with Gasteiger partial charge in [-0.2, -0.15) is 25.0 Å². The number of hydrogen-bond acceptors (Lipinski definition) is 14. The van der Waals surface area contributed by atoms with Gasteiger partial charge in [0.2, 0.25) is 17.9 Å². The molecule has 2 aromatic carbocycles. The van der Waals surface area contributed by atoms with Gasteiger partial charge in [0, 0.05) is 0 Å². The molecule has 7 N–H and O–H groups in total. The van der Waals surface area contributed by atoms with Gasteiger partial charge in [0.15, 0.2) is 17.6 Å². The van der Waals surface area contributed by atoms with Crippen molar-refractivity contribution in [3.63, 3.8) is 0 Å². The highest BCUT2D eigenvalue weighted by molar-refractivity contribution is 6.71. The van der Waals surface area contributed by atoms with Crippen molar-refractivity contribution in [1.29, 1.82) is 0 Å². The number of benzene rings is 2. The van der Waals surface area contributed by atoms with E-state index in [0.29, 0.717) is 11.5 Å². The van der Waals surface area contributed by atoms with E-state index in [9.17, 15) is 9.59 Å². The summed E-state index contributed by atoms with van der Waals surface area (Å²) in [5.41, 5.74) is 20.1. The number of rotatable bonds is 4. The number of hydrogen-bond donors (Lipinski definition) is 5. The number of nitrogens with two attached hydrogens (primary N) is 2. The van der Waals surface area contributed by atoms with Crippen LogP contribution in [0, 0.1) is 0 Å². The Morgan fingerprint density at radius 3 is 2.29 bits per heavy atom. The second-order valence-corrected chi connectivity index (χ2v) is 7.97. The Morgan fingerprint density at radius 1 is 0.789 bits per heavy atom. The fraction of sp³-hybridized carbons (Fsp3) is 0.0455. The van der Waals surface area contributed by atoms with Gasteiger partial charge in [-0.1, -0.05) is 24.3 Å². The normalized spacial score (nSPS) is 19.8. The number of guanidine groups is 4. The van der Waals surface area contributed by atoms with Crippen molar-refractivity contribution in [2.24, 2.45) is 56.6 Å². The van der Waals surface area contributed by atoms with E-state index in [1.165, 1.54) is 0 Å². The first-order chi connectivity index (χ1) is 18.4. The largest absolute Gasteiger partial charge is 0.369 e. The fourth-order valence-corrected chi connectivity index (χ4v) is 3.63. The molecule has 2 aromatic rings. The molecule has 0 bridgehead atoms. The fourth-order valence-electron chi connectivity index (χ4n) is 3.63. The number of carbonyl (C=O) groups is 2. The van der Waals surface area contributed by atoms with Crippen LogP contribution in [0.25, 0.3) is 11.1 Å². The van der Waals surface area contributed by atoms with Crippen molar-refractivity contribution < 1.29 is 9.59 Å². The Balaban J connectivity index is 1.06. The Kier molecular flexibility index (Phi) is 5.30. The number of hydrazine groups is 1. The van der Waals surface area contributed by atoms with Crippen LogP contribution < -0.4 is 27.6 Å². The number of amides is 2. The summed E-state index contributed by atoms with van der Waals surface area (Å²) in [6.45, 7) is 0. The molecule has 16 heteroatoms. The van der Waals surface area contributed by atoms with Gasteiger partial charge in [0.05, 0.1) is 11.4 Å². The van der Waals surface area contributed by atoms with Crippen LogP contribution in [0.4, 0.5) is 11.4 Å². The van der Waals surface area contributed by atoms with E-state index in [2.05, 4.69) is 61.3 Å². The first-order valence-electron chi connectivity index (χ1n) is 11.0. The number of nitrogens with one attached hydrogen (secondary N) is 3. The second kappa shape index (κ2) is 8.94. The maximum absolute atomic E-state index is 11.9. The highest BCUT2D eigenvalue weighted by Crippen LogP contribution is 2.24. The number of nitrogens with zero attached hydrogens (tertiary/aromatic N) is 9. The molecule has 1 unspecified atom stereocenters. The van der Waals surface area contributed by atoms with Gasteiger partial charge in [-0.25, -0.2) is 9.98 Å². The zero-order valence-electron chi connectivity index (χ0n) is 19.2. The highest BCUT2D eigenvalue weighted by Gasteiger charge is 2.33. The standard InChI is InChI=1S/C22H16N14O2/c23-19-27-15-13(17(37)31-19)25-21(29-15)35-33-11-5-1-9(2-6-11)10-3-7-12(8-4-10)34-36-22-26-14-16(30-22)28-20(24)32-18(14)38/h1-8,13,33H,(H2,24,32,38)(H4,23,25,27,29,31,35,37). The summed E-state index contributed by atoms with van der Waals surface area (Å²) in [5.74, 6) is -0.635. The van der Waals surface area contributed by atoms with Crippen molar-refractivity contribution in [1.82, 2.24) is 10.7 Å². The molecule has 2 amide bonds. The smallest absolute Gasteiger partial charge is 0.302 e. The molecule has 1 atom stereocenters. The first-order valence-corrected chi connectivity index (χ1v) is 11.0. The minimum absolute atomic E-state index is 0.00757. The molecular formula is C22H16N14O2. The van der Waals surface area contributed by atoms with Crippen LogP contribution in [0.3, 0.4) is 0 Å². The van der Waals surface area contributed by atoms with Gasteiger partial charge in [0.1, 0.15) is 5.84 Å². The zero-order valence-corrected chi connectivity index (χ0v) is 19.2. The summed E-state index contributed by atoms with van der Waals surface area (Å²) in [7, 11) is 0. The SMILES string of the molecule is NC1=NC(=O)C2=NC(N=Nc3ccc(-c4ccc(NNC5=NC6C(=O)N=C(N)NC6=N5)cc4)cc3)=NC2=N1. The van der Waals surface area contributed by atoms with Crippen LogP contribution in [0.15, 0.2) is 93.7 Å². The summed E-state index contributed by atoms with van der Waals surface area (Å²) in [6.07, 6.45) is 0. The third-order valence-corrected chi connectivity index (χ3v) is 5.39. The molecular weight excluding hydrogens is 492 g/mol. The van der Waals surface area contributed by atoms with Crippen LogP contribution in [-0.4, -0.2) is 59.1 Å². The van der Waals surface area contributed by atoms with Crippen molar-refractivity contribution in [3.05, 3.63) is 48.5 Å².